The van der Waals surface area contributed by atoms with Crippen LogP contribution < -0.4 is 4.74 Å². The van der Waals surface area contributed by atoms with Crippen molar-refractivity contribution in [3.05, 3.63) is 51.2 Å². The van der Waals surface area contributed by atoms with Gasteiger partial charge < -0.3 is 4.74 Å². The highest BCUT2D eigenvalue weighted by atomic mass is 79.9. The third kappa shape index (κ3) is 3.21. The average molecular weight is 339 g/mol. The van der Waals surface area contributed by atoms with E-state index in [0.717, 1.165) is 18.6 Å². The molecule has 0 spiro atoms. The molecule has 0 N–H and O–H groups in total. The summed E-state index contributed by atoms with van der Waals surface area (Å²) in [6.07, 6.45) is 2.19. The van der Waals surface area contributed by atoms with Crippen LogP contribution in [0.15, 0.2) is 29.6 Å². The summed E-state index contributed by atoms with van der Waals surface area (Å²) < 4.78 is 5.25. The van der Waals surface area contributed by atoms with Crippen molar-refractivity contribution in [2.45, 2.75) is 31.5 Å². The molecule has 19 heavy (non-hydrogen) atoms. The molecule has 102 valence electrons. The van der Waals surface area contributed by atoms with Crippen molar-refractivity contribution in [2.24, 2.45) is 0 Å². The molecule has 1 nitrogen and oxygen atoms in total. The van der Waals surface area contributed by atoms with Crippen LogP contribution in [0.5, 0.6) is 5.75 Å². The number of benzene rings is 1. The van der Waals surface area contributed by atoms with Crippen LogP contribution in [-0.2, 0) is 12.8 Å². The third-order valence-electron chi connectivity index (χ3n) is 3.37. The second-order valence-electron chi connectivity index (χ2n) is 4.49. The maximum absolute atomic E-state index is 5.25. The largest absolute Gasteiger partial charge is 0.496 e. The maximum Gasteiger partial charge on any atom is 0.129 e. The highest BCUT2D eigenvalue weighted by Crippen LogP contribution is 2.37. The molecule has 2 aromatic rings. The van der Waals surface area contributed by atoms with Crippen molar-refractivity contribution >= 4 is 27.3 Å². The van der Waals surface area contributed by atoms with Crippen molar-refractivity contribution in [1.29, 1.82) is 0 Å². The molecular weight excluding hydrogens is 320 g/mol. The molecule has 0 amide bonds. The Balaban J connectivity index is 2.30. The molecule has 0 radical (unpaired) electrons. The van der Waals surface area contributed by atoms with Crippen LogP contribution >= 0.6 is 27.3 Å². The summed E-state index contributed by atoms with van der Waals surface area (Å²) in [4.78, 5) is 1.53. The molecule has 1 atom stereocenters. The van der Waals surface area contributed by atoms with E-state index in [4.69, 9.17) is 4.74 Å². The summed E-state index contributed by atoms with van der Waals surface area (Å²) in [7, 11) is 1.71. The molecule has 1 heterocycles. The monoisotopic (exact) mass is 338 g/mol. The smallest absolute Gasteiger partial charge is 0.129 e. The second-order valence-corrected chi connectivity index (χ2v) is 6.35. The summed E-state index contributed by atoms with van der Waals surface area (Å²) in [6, 6.07) is 8.91. The van der Waals surface area contributed by atoms with Gasteiger partial charge in [0.2, 0.25) is 0 Å². The molecule has 1 aromatic heterocycles. The summed E-state index contributed by atoms with van der Waals surface area (Å²) in [5.41, 5.74) is 4.22. The number of halogens is 1. The maximum atomic E-state index is 5.25. The Labute approximate surface area is 127 Å². The normalized spacial score (nSPS) is 12.4. The first-order valence-electron chi connectivity index (χ1n) is 6.57. The van der Waals surface area contributed by atoms with Crippen LogP contribution in [0.3, 0.4) is 0 Å². The number of hydrogen-bond donors (Lipinski definition) is 0. The third-order valence-corrected chi connectivity index (χ3v) is 5.67. The number of thiophene rings is 1. The molecule has 0 saturated carbocycles. The van der Waals surface area contributed by atoms with Crippen molar-refractivity contribution < 1.29 is 4.74 Å². The van der Waals surface area contributed by atoms with E-state index in [1.54, 1.807) is 18.4 Å². The minimum atomic E-state index is 0.248. The van der Waals surface area contributed by atoms with Crippen LogP contribution in [0.2, 0.25) is 0 Å². The van der Waals surface area contributed by atoms with Crippen molar-refractivity contribution in [3.63, 3.8) is 0 Å². The first-order chi connectivity index (χ1) is 9.19. The molecule has 0 bridgehead atoms. The minimum absolute atomic E-state index is 0.248. The van der Waals surface area contributed by atoms with Gasteiger partial charge in [-0.3, -0.25) is 0 Å². The lowest BCUT2D eigenvalue weighted by Crippen LogP contribution is -1.96. The predicted octanol–water partition coefficient (Wildman–Crippen LogP) is 5.37. The molecule has 0 aliphatic heterocycles. The van der Waals surface area contributed by atoms with Crippen LogP contribution in [0.1, 0.15) is 40.2 Å². The fourth-order valence-corrected chi connectivity index (χ4v) is 3.81. The van der Waals surface area contributed by atoms with Gasteiger partial charge in [-0.25, -0.2) is 0 Å². The lowest BCUT2D eigenvalue weighted by molar-refractivity contribution is 0.416. The Bertz CT molecular complexity index is 547. The van der Waals surface area contributed by atoms with E-state index in [2.05, 4.69) is 54.0 Å². The van der Waals surface area contributed by atoms with E-state index in [-0.39, 0.29) is 4.83 Å². The van der Waals surface area contributed by atoms with Gasteiger partial charge in [-0.2, -0.15) is 0 Å². The number of hydrogen-bond acceptors (Lipinski definition) is 2. The van der Waals surface area contributed by atoms with E-state index in [9.17, 15) is 0 Å². The lowest BCUT2D eigenvalue weighted by Gasteiger charge is -2.12. The van der Waals surface area contributed by atoms with E-state index in [1.807, 2.05) is 5.38 Å². The van der Waals surface area contributed by atoms with Crippen molar-refractivity contribution in [2.75, 3.05) is 7.11 Å². The van der Waals surface area contributed by atoms with Gasteiger partial charge in [0.15, 0.2) is 0 Å². The molecule has 0 saturated heterocycles. The van der Waals surface area contributed by atoms with Gasteiger partial charge in [-0.15, -0.1) is 11.3 Å². The van der Waals surface area contributed by atoms with Crippen LogP contribution in [0, 0.1) is 0 Å². The Morgan fingerprint density at radius 1 is 1.16 bits per heavy atom. The first kappa shape index (κ1) is 14.6. The molecular formula is C16H19BrOS. The standard InChI is InChI=1S/C16H19BrOS/c1-4-11-6-7-13(8-12(11)5-2)16(17)15-9-14(18-3)10-19-15/h6-10,16H,4-5H2,1-3H3. The molecule has 1 aromatic carbocycles. The number of methoxy groups -OCH3 is 1. The summed E-state index contributed by atoms with van der Waals surface area (Å²) in [6.45, 7) is 4.43. The van der Waals surface area contributed by atoms with Crippen molar-refractivity contribution in [1.82, 2.24) is 0 Å². The zero-order valence-electron chi connectivity index (χ0n) is 11.6. The van der Waals surface area contributed by atoms with Gasteiger partial charge in [-0.1, -0.05) is 48.0 Å². The molecule has 0 aliphatic rings. The van der Waals surface area contributed by atoms with E-state index >= 15 is 0 Å². The van der Waals surface area contributed by atoms with E-state index in [1.165, 1.54) is 21.6 Å². The quantitative estimate of drug-likeness (QED) is 0.666. The van der Waals surface area contributed by atoms with Gasteiger partial charge in [0.05, 0.1) is 11.9 Å². The zero-order chi connectivity index (χ0) is 13.8. The topological polar surface area (TPSA) is 9.23 Å². The lowest BCUT2D eigenvalue weighted by atomic mass is 9.98. The summed E-state index contributed by atoms with van der Waals surface area (Å²) >= 11 is 5.53. The van der Waals surface area contributed by atoms with Crippen LogP contribution in [-0.4, -0.2) is 7.11 Å². The SMILES string of the molecule is CCc1ccc(C(Br)c2cc(OC)cs2)cc1CC. The van der Waals surface area contributed by atoms with Crippen LogP contribution in [0.25, 0.3) is 0 Å². The predicted molar refractivity (Wildman–Crippen MR) is 86.8 cm³/mol. The number of rotatable bonds is 5. The first-order valence-corrected chi connectivity index (χ1v) is 8.37. The van der Waals surface area contributed by atoms with Gasteiger partial charge in [0.1, 0.15) is 5.75 Å². The van der Waals surface area contributed by atoms with Gasteiger partial charge >= 0.3 is 0 Å². The fourth-order valence-electron chi connectivity index (χ4n) is 2.22. The molecule has 0 fully saturated rings. The Kier molecular flexibility index (Phi) is 5.06. The average Bonchev–Trinajstić information content (AvgIpc) is 2.94. The number of ether oxygens (including phenoxy) is 1. The zero-order valence-corrected chi connectivity index (χ0v) is 14.0. The molecule has 3 heteroatoms. The number of alkyl halides is 1. The Hall–Kier alpha value is -0.800. The Morgan fingerprint density at radius 3 is 2.47 bits per heavy atom. The van der Waals surface area contributed by atoms with Gasteiger partial charge in [0, 0.05) is 10.3 Å². The van der Waals surface area contributed by atoms with E-state index < -0.39 is 0 Å². The van der Waals surface area contributed by atoms with E-state index in [0.29, 0.717) is 0 Å². The van der Waals surface area contributed by atoms with Crippen molar-refractivity contribution in [3.8, 4) is 5.75 Å². The Morgan fingerprint density at radius 2 is 1.89 bits per heavy atom. The minimum Gasteiger partial charge on any atom is -0.496 e. The summed E-state index contributed by atoms with van der Waals surface area (Å²) in [5.74, 6) is 0.936. The fraction of sp³-hybridized carbons (Fsp3) is 0.375. The van der Waals surface area contributed by atoms with Gasteiger partial charge in [0.25, 0.3) is 0 Å². The second kappa shape index (κ2) is 6.58. The molecule has 2 rings (SSSR count). The summed E-state index contributed by atoms with van der Waals surface area (Å²) in [5, 5.41) is 2.05. The molecule has 0 aliphatic carbocycles. The highest BCUT2D eigenvalue weighted by molar-refractivity contribution is 9.09. The molecule has 1 unspecified atom stereocenters. The van der Waals surface area contributed by atoms with Crippen LogP contribution in [0.4, 0.5) is 0 Å². The highest BCUT2D eigenvalue weighted by Gasteiger charge is 2.14. The van der Waals surface area contributed by atoms with Gasteiger partial charge in [-0.05, 0) is 35.6 Å². The number of aryl methyl sites for hydroxylation is 2.